The van der Waals surface area contributed by atoms with Gasteiger partial charge in [0, 0.05) is 46.2 Å². The summed E-state index contributed by atoms with van der Waals surface area (Å²) >= 11 is 0. The molecule has 0 saturated heterocycles. The lowest BCUT2D eigenvalue weighted by Crippen LogP contribution is -2.27. The summed E-state index contributed by atoms with van der Waals surface area (Å²) in [5.74, 6) is -1.41. The van der Waals surface area contributed by atoms with Gasteiger partial charge in [-0.25, -0.2) is 9.59 Å². The summed E-state index contributed by atoms with van der Waals surface area (Å²) < 4.78 is 22.5. The summed E-state index contributed by atoms with van der Waals surface area (Å²) in [6.07, 6.45) is 0. The number of carbonyl (C=O) groups is 2. The van der Waals surface area contributed by atoms with Gasteiger partial charge in [-0.2, -0.15) is 0 Å². The minimum atomic E-state index is -0.552. The molecule has 0 fully saturated rings. The first-order valence-corrected chi connectivity index (χ1v) is 11.7. The Hall–Kier alpha value is -5.24. The van der Waals surface area contributed by atoms with Crippen LogP contribution in [-0.4, -0.2) is 11.6 Å². The fraction of sp³-hybridized carbons (Fsp3) is 0.0667. The second-order valence-corrected chi connectivity index (χ2v) is 8.88. The van der Waals surface area contributed by atoms with Crippen molar-refractivity contribution >= 4 is 33.5 Å². The summed E-state index contributed by atoms with van der Waals surface area (Å²) in [4.78, 5) is 50.7. The zero-order chi connectivity index (χ0) is 26.6. The standard InChI is InChI=1S/C30H18O8/c1-15-11-25(31)37-23-13-17(7-9-19(15)23)35-29-27(33)21-5-3-4-6-22(21)28(34)30(29)36-18-8-10-20-16(2)12-26(32)38-24(20)14-18/h3-14H,1-2H3. The Morgan fingerprint density at radius 1 is 0.553 bits per heavy atom. The van der Waals surface area contributed by atoms with E-state index in [0.717, 1.165) is 11.1 Å². The van der Waals surface area contributed by atoms with Crippen molar-refractivity contribution in [1.29, 1.82) is 0 Å². The molecular weight excluding hydrogens is 488 g/mol. The Labute approximate surface area is 214 Å². The van der Waals surface area contributed by atoms with Gasteiger partial charge in [-0.3, -0.25) is 9.59 Å². The van der Waals surface area contributed by atoms with Crippen LogP contribution in [0, 0.1) is 13.8 Å². The van der Waals surface area contributed by atoms with Gasteiger partial charge in [0.15, 0.2) is 0 Å². The first-order valence-electron chi connectivity index (χ1n) is 11.7. The highest BCUT2D eigenvalue weighted by Gasteiger charge is 2.36. The zero-order valence-electron chi connectivity index (χ0n) is 20.2. The number of allylic oxidation sites excluding steroid dienone is 2. The van der Waals surface area contributed by atoms with Gasteiger partial charge in [0.2, 0.25) is 23.1 Å². The molecule has 0 unspecified atom stereocenters. The van der Waals surface area contributed by atoms with Crippen molar-refractivity contribution in [2.45, 2.75) is 13.8 Å². The Morgan fingerprint density at radius 2 is 0.974 bits per heavy atom. The second kappa shape index (κ2) is 8.70. The average Bonchev–Trinajstić information content (AvgIpc) is 2.88. The number of carbonyl (C=O) groups excluding carboxylic acids is 2. The van der Waals surface area contributed by atoms with E-state index in [-0.39, 0.29) is 45.3 Å². The molecule has 8 heteroatoms. The molecule has 186 valence electrons. The summed E-state index contributed by atoms with van der Waals surface area (Å²) in [6.45, 7) is 3.56. The maximum absolute atomic E-state index is 13.5. The van der Waals surface area contributed by atoms with Gasteiger partial charge in [-0.15, -0.1) is 0 Å². The Balaban J connectivity index is 1.48. The van der Waals surface area contributed by atoms with Crippen LogP contribution in [0.2, 0.25) is 0 Å². The van der Waals surface area contributed by atoms with Crippen molar-refractivity contribution in [2.24, 2.45) is 0 Å². The smallest absolute Gasteiger partial charge is 0.336 e. The van der Waals surface area contributed by atoms with Gasteiger partial charge >= 0.3 is 11.3 Å². The van der Waals surface area contributed by atoms with E-state index in [1.165, 1.54) is 36.4 Å². The number of aryl methyl sites for hydroxylation is 2. The quantitative estimate of drug-likeness (QED) is 0.303. The lowest BCUT2D eigenvalue weighted by molar-refractivity contribution is 0.0897. The minimum absolute atomic E-state index is 0.169. The van der Waals surface area contributed by atoms with Crippen LogP contribution in [0.3, 0.4) is 0 Å². The molecule has 0 radical (unpaired) electrons. The van der Waals surface area contributed by atoms with Crippen LogP contribution in [0.5, 0.6) is 11.5 Å². The zero-order valence-corrected chi connectivity index (χ0v) is 20.2. The maximum Gasteiger partial charge on any atom is 0.336 e. The molecule has 1 aliphatic rings. The van der Waals surface area contributed by atoms with Crippen LogP contribution in [-0.2, 0) is 0 Å². The normalized spacial score (nSPS) is 13.2. The number of hydrogen-bond donors (Lipinski definition) is 0. The van der Waals surface area contributed by atoms with Crippen LogP contribution < -0.4 is 20.7 Å². The summed E-state index contributed by atoms with van der Waals surface area (Å²) in [7, 11) is 0. The highest BCUT2D eigenvalue weighted by atomic mass is 16.5. The molecule has 38 heavy (non-hydrogen) atoms. The molecule has 3 aromatic carbocycles. The highest BCUT2D eigenvalue weighted by molar-refractivity contribution is 6.25. The van der Waals surface area contributed by atoms with E-state index in [9.17, 15) is 19.2 Å². The molecular formula is C30H18O8. The highest BCUT2D eigenvalue weighted by Crippen LogP contribution is 2.32. The van der Waals surface area contributed by atoms with Crippen LogP contribution >= 0.6 is 0 Å². The topological polar surface area (TPSA) is 113 Å². The molecule has 0 N–H and O–H groups in total. The van der Waals surface area contributed by atoms with E-state index in [2.05, 4.69) is 0 Å². The van der Waals surface area contributed by atoms with Gasteiger partial charge in [0.05, 0.1) is 0 Å². The van der Waals surface area contributed by atoms with Gasteiger partial charge in [0.25, 0.3) is 0 Å². The third-order valence-corrected chi connectivity index (χ3v) is 6.32. The molecule has 0 spiro atoms. The van der Waals surface area contributed by atoms with Gasteiger partial charge < -0.3 is 18.3 Å². The second-order valence-electron chi connectivity index (χ2n) is 8.88. The lowest BCUT2D eigenvalue weighted by atomic mass is 9.92. The molecule has 2 aromatic heterocycles. The largest absolute Gasteiger partial charge is 0.449 e. The van der Waals surface area contributed by atoms with Crippen LogP contribution in [0.4, 0.5) is 0 Å². The van der Waals surface area contributed by atoms with Crippen molar-refractivity contribution in [1.82, 2.24) is 0 Å². The number of benzene rings is 3. The maximum atomic E-state index is 13.5. The molecule has 1 aliphatic carbocycles. The van der Waals surface area contributed by atoms with E-state index >= 15 is 0 Å². The molecule has 6 rings (SSSR count). The molecule has 0 bridgehead atoms. The summed E-state index contributed by atoms with van der Waals surface area (Å²) in [5.41, 5.74) is 1.28. The van der Waals surface area contributed by atoms with Crippen molar-refractivity contribution in [3.8, 4) is 11.5 Å². The minimum Gasteiger partial charge on any atom is -0.449 e. The molecule has 2 heterocycles. The lowest BCUT2D eigenvalue weighted by Gasteiger charge is -2.21. The molecule has 0 aliphatic heterocycles. The molecule has 8 nitrogen and oxygen atoms in total. The fourth-order valence-corrected chi connectivity index (χ4v) is 4.49. The Bertz CT molecular complexity index is 1830. The Kier molecular flexibility index (Phi) is 5.31. The van der Waals surface area contributed by atoms with Crippen molar-refractivity contribution in [3.63, 3.8) is 0 Å². The van der Waals surface area contributed by atoms with E-state index in [1.807, 2.05) is 0 Å². The van der Waals surface area contributed by atoms with E-state index < -0.39 is 22.8 Å². The summed E-state index contributed by atoms with van der Waals surface area (Å²) in [5, 5.41) is 1.40. The van der Waals surface area contributed by atoms with E-state index in [1.54, 1.807) is 50.2 Å². The third-order valence-electron chi connectivity index (χ3n) is 6.32. The van der Waals surface area contributed by atoms with Gasteiger partial charge in [0.1, 0.15) is 22.7 Å². The average molecular weight is 506 g/mol. The first kappa shape index (κ1) is 23.2. The van der Waals surface area contributed by atoms with E-state index in [0.29, 0.717) is 10.8 Å². The van der Waals surface area contributed by atoms with Crippen molar-refractivity contribution in [2.75, 3.05) is 0 Å². The predicted octanol–water partition coefficient (Wildman–Crippen LogP) is 5.26. The predicted molar refractivity (Wildman–Crippen MR) is 138 cm³/mol. The van der Waals surface area contributed by atoms with Gasteiger partial charge in [-0.05, 0) is 49.2 Å². The first-order chi connectivity index (χ1) is 18.3. The molecule has 5 aromatic rings. The SMILES string of the molecule is Cc1cc(=O)oc2cc(OC3=C(Oc4ccc5c(C)cc(=O)oc5c4)C(=O)c4ccccc4C3=O)ccc12. The molecule has 0 saturated carbocycles. The number of ether oxygens (including phenoxy) is 2. The monoisotopic (exact) mass is 506 g/mol. The van der Waals surface area contributed by atoms with Crippen LogP contribution in [0.25, 0.3) is 21.9 Å². The molecule has 0 atom stereocenters. The fourth-order valence-electron chi connectivity index (χ4n) is 4.49. The van der Waals surface area contributed by atoms with Gasteiger partial charge in [-0.1, -0.05) is 24.3 Å². The number of rotatable bonds is 4. The number of fused-ring (bicyclic) bond motifs is 3. The van der Waals surface area contributed by atoms with E-state index in [4.69, 9.17) is 18.3 Å². The summed E-state index contributed by atoms with van der Waals surface area (Å²) in [6, 6.07) is 18.7. The van der Waals surface area contributed by atoms with Crippen LogP contribution in [0.15, 0.2) is 103 Å². The van der Waals surface area contributed by atoms with Crippen molar-refractivity contribution < 1.29 is 27.9 Å². The van der Waals surface area contributed by atoms with Crippen LogP contribution in [0.1, 0.15) is 31.8 Å². The number of hydrogen-bond acceptors (Lipinski definition) is 8. The number of ketones is 2. The number of Topliss-reactive ketones (excluding diaryl/α,β-unsaturated/α-hetero) is 2. The Morgan fingerprint density at radius 3 is 1.39 bits per heavy atom. The van der Waals surface area contributed by atoms with Crippen molar-refractivity contribution in [3.05, 3.63) is 127 Å². The molecule has 0 amide bonds. The third kappa shape index (κ3) is 3.88.